The van der Waals surface area contributed by atoms with E-state index in [1.165, 1.54) is 23.1 Å². The molecular formula is C26H27N2O8S4-. The topological polar surface area (TPSA) is 162 Å². The normalized spacial score (nSPS) is 17.2. The maximum atomic E-state index is 11.1. The molecule has 2 aromatic carbocycles. The van der Waals surface area contributed by atoms with E-state index in [9.17, 15) is 36.2 Å². The molecule has 14 heteroatoms. The maximum absolute atomic E-state index is 11.1. The Morgan fingerprint density at radius 1 is 1.00 bits per heavy atom. The molecule has 0 aliphatic carbocycles. The summed E-state index contributed by atoms with van der Waals surface area (Å²) in [7, 11) is -9.17. The smallest absolute Gasteiger partial charge is 0.262 e. The van der Waals surface area contributed by atoms with Crippen LogP contribution in [0.2, 0.25) is 0 Å². The molecule has 0 saturated heterocycles. The zero-order valence-electron chi connectivity index (χ0n) is 21.3. The Morgan fingerprint density at radius 2 is 1.65 bits per heavy atom. The lowest BCUT2D eigenvalue weighted by Gasteiger charge is -2.24. The van der Waals surface area contributed by atoms with Crippen molar-refractivity contribution in [2.24, 2.45) is 0 Å². The van der Waals surface area contributed by atoms with Crippen LogP contribution in [0.4, 0.5) is 5.69 Å². The van der Waals surface area contributed by atoms with Crippen LogP contribution in [0.15, 0.2) is 82.3 Å². The summed E-state index contributed by atoms with van der Waals surface area (Å²) in [5, 5.41) is 22.0. The minimum Gasteiger partial charge on any atom is -0.748 e. The summed E-state index contributed by atoms with van der Waals surface area (Å²) in [6, 6.07) is 14.9. The number of para-hydroxylation sites is 2. The van der Waals surface area contributed by atoms with Crippen LogP contribution in [0.25, 0.3) is 16.3 Å². The van der Waals surface area contributed by atoms with Gasteiger partial charge in [0.15, 0.2) is 6.54 Å². The Morgan fingerprint density at radius 3 is 2.38 bits per heavy atom. The van der Waals surface area contributed by atoms with E-state index in [-0.39, 0.29) is 13.1 Å². The van der Waals surface area contributed by atoms with Gasteiger partial charge in [-0.1, -0.05) is 65.1 Å². The molecule has 1 aliphatic rings. The van der Waals surface area contributed by atoms with Gasteiger partial charge in [-0.05, 0) is 31.2 Å². The third-order valence-corrected chi connectivity index (χ3v) is 9.68. The zero-order valence-corrected chi connectivity index (χ0v) is 24.5. The van der Waals surface area contributed by atoms with E-state index in [1.807, 2.05) is 79.8 Å². The van der Waals surface area contributed by atoms with Crippen molar-refractivity contribution in [1.29, 1.82) is 0 Å². The van der Waals surface area contributed by atoms with Crippen LogP contribution in [0.1, 0.15) is 11.9 Å². The summed E-state index contributed by atoms with van der Waals surface area (Å²) in [5.74, 6) is -1.77. The number of rotatable bonds is 11. The van der Waals surface area contributed by atoms with Gasteiger partial charge in [0.1, 0.15) is 10.8 Å². The fourth-order valence-corrected chi connectivity index (χ4v) is 7.49. The monoisotopic (exact) mass is 623 g/mol. The highest BCUT2D eigenvalue weighted by Crippen LogP contribution is 2.45. The molecule has 2 N–H and O–H groups in total. The van der Waals surface area contributed by atoms with Crippen LogP contribution in [0.3, 0.4) is 0 Å². The SMILES string of the molecule is CC(/C=C/c1sc2ccccc2[n+]1CC(O)CS(=O)(=O)[O-])=C\C=C1/Sc2ccccc2N1CC(O)CS(=O)(=O)[O-]. The summed E-state index contributed by atoms with van der Waals surface area (Å²) in [5.41, 5.74) is 2.44. The van der Waals surface area contributed by atoms with Gasteiger partial charge in [0.05, 0.1) is 55.1 Å². The van der Waals surface area contributed by atoms with Gasteiger partial charge in [0.2, 0.25) is 5.52 Å². The first-order chi connectivity index (χ1) is 18.8. The minimum absolute atomic E-state index is 0.0662. The molecule has 1 aliphatic heterocycles. The van der Waals surface area contributed by atoms with Gasteiger partial charge in [-0.3, -0.25) is 0 Å². The van der Waals surface area contributed by atoms with E-state index < -0.39 is 43.9 Å². The molecule has 0 spiro atoms. The first-order valence-electron chi connectivity index (χ1n) is 12.0. The molecule has 1 aromatic heterocycles. The number of benzene rings is 2. The first kappa shape index (κ1) is 30.4. The standard InChI is InChI=1S/C26H28N2O8S4/c1-18(10-12-25-27(14-19(29)16-39(31,32)33)21-6-2-4-8-23(21)37-25)11-13-26-28(15-20(30)17-40(34,35)36)22-7-3-5-9-24(22)38-26/h2-13,19-20,29-30H,14-17H2,1H3,(H-,31,32,33,34,35,36)/p-1. The molecule has 4 rings (SSSR count). The van der Waals surface area contributed by atoms with Crippen LogP contribution < -0.4 is 9.47 Å². The molecular weight excluding hydrogens is 597 g/mol. The first-order valence-corrected chi connectivity index (χ1v) is 16.8. The van der Waals surface area contributed by atoms with Crippen molar-refractivity contribution >= 4 is 65.3 Å². The molecule has 0 radical (unpaired) electrons. The number of β-amino-alcohol motifs (C(OH)–C–C–N with tert-alkyl or cyclic N) is 1. The molecule has 2 atom stereocenters. The Labute approximate surface area is 241 Å². The number of hydrogen-bond donors (Lipinski definition) is 2. The molecule has 0 saturated carbocycles. The van der Waals surface area contributed by atoms with Crippen molar-refractivity contribution in [3.63, 3.8) is 0 Å². The summed E-state index contributed by atoms with van der Waals surface area (Å²) in [4.78, 5) is 2.70. The number of anilines is 1. The van der Waals surface area contributed by atoms with Crippen LogP contribution >= 0.6 is 23.1 Å². The van der Waals surface area contributed by atoms with Gasteiger partial charge in [0.25, 0.3) is 5.01 Å². The number of aliphatic hydroxyl groups is 2. The Balaban J connectivity index is 1.58. The van der Waals surface area contributed by atoms with Gasteiger partial charge < -0.3 is 24.2 Å². The lowest BCUT2D eigenvalue weighted by molar-refractivity contribution is -0.675. The summed E-state index contributed by atoms with van der Waals surface area (Å²) < 4.78 is 69.4. The van der Waals surface area contributed by atoms with Gasteiger partial charge in [-0.25, -0.2) is 16.8 Å². The second kappa shape index (κ2) is 12.5. The van der Waals surface area contributed by atoms with E-state index in [2.05, 4.69) is 0 Å². The highest BCUT2D eigenvalue weighted by atomic mass is 32.2. The molecule has 40 heavy (non-hydrogen) atoms. The Bertz CT molecular complexity index is 1690. The molecule has 0 fully saturated rings. The second-order valence-corrected chi connectivity index (χ2v) is 14.2. The number of hydrogen-bond acceptors (Lipinski definition) is 11. The van der Waals surface area contributed by atoms with E-state index in [4.69, 9.17) is 0 Å². The summed E-state index contributed by atoms with van der Waals surface area (Å²) in [6.45, 7) is 1.74. The molecule has 0 bridgehead atoms. The van der Waals surface area contributed by atoms with E-state index >= 15 is 0 Å². The summed E-state index contributed by atoms with van der Waals surface area (Å²) in [6.07, 6.45) is 4.65. The van der Waals surface area contributed by atoms with Crippen LogP contribution in [-0.4, -0.2) is 66.4 Å². The summed E-state index contributed by atoms with van der Waals surface area (Å²) >= 11 is 2.91. The predicted molar refractivity (Wildman–Crippen MR) is 154 cm³/mol. The average molecular weight is 624 g/mol. The van der Waals surface area contributed by atoms with Crippen molar-refractivity contribution in [3.8, 4) is 0 Å². The molecule has 214 valence electrons. The lowest BCUT2D eigenvalue weighted by Crippen LogP contribution is -2.43. The number of allylic oxidation sites excluding steroid dienone is 4. The van der Waals surface area contributed by atoms with Crippen molar-refractivity contribution in [3.05, 3.63) is 82.4 Å². The lowest BCUT2D eigenvalue weighted by atomic mass is 10.2. The zero-order chi connectivity index (χ0) is 29.1. The largest absolute Gasteiger partial charge is 0.748 e. The fourth-order valence-electron chi connectivity index (χ4n) is 4.19. The third-order valence-electron chi connectivity index (χ3n) is 5.83. The molecule has 2 heterocycles. The maximum Gasteiger partial charge on any atom is 0.262 e. The minimum atomic E-state index is -4.59. The van der Waals surface area contributed by atoms with Crippen molar-refractivity contribution in [2.75, 3.05) is 23.0 Å². The van der Waals surface area contributed by atoms with Crippen molar-refractivity contribution < 1.29 is 40.7 Å². The van der Waals surface area contributed by atoms with Crippen LogP contribution in [0, 0.1) is 0 Å². The molecule has 3 aromatic rings. The number of thiazole rings is 1. The highest BCUT2D eigenvalue weighted by Gasteiger charge is 2.27. The van der Waals surface area contributed by atoms with Crippen LogP contribution in [-0.2, 0) is 26.8 Å². The average Bonchev–Trinajstić information content (AvgIpc) is 3.37. The van der Waals surface area contributed by atoms with Gasteiger partial charge in [-0.15, -0.1) is 0 Å². The van der Waals surface area contributed by atoms with E-state index in [0.717, 1.165) is 36.4 Å². The number of nitrogens with zero attached hydrogens (tertiary/aromatic N) is 2. The Hall–Kier alpha value is -2.56. The third kappa shape index (κ3) is 8.24. The van der Waals surface area contributed by atoms with Gasteiger partial charge in [-0.2, -0.15) is 4.57 Å². The van der Waals surface area contributed by atoms with Crippen molar-refractivity contribution in [1.82, 2.24) is 0 Å². The second-order valence-electron chi connectivity index (χ2n) is 9.20. The van der Waals surface area contributed by atoms with Crippen molar-refractivity contribution in [2.45, 2.75) is 30.6 Å². The van der Waals surface area contributed by atoms with Gasteiger partial charge in [0, 0.05) is 17.0 Å². The van der Waals surface area contributed by atoms with E-state index in [1.54, 1.807) is 9.47 Å². The number of fused-ring (bicyclic) bond motifs is 2. The number of aromatic nitrogens is 1. The number of aliphatic hydroxyl groups excluding tert-OH is 2. The predicted octanol–water partition coefficient (Wildman–Crippen LogP) is 2.41. The molecule has 0 amide bonds. The quantitative estimate of drug-likeness (QED) is 0.184. The molecule has 10 nitrogen and oxygen atoms in total. The van der Waals surface area contributed by atoms with E-state index in [0.29, 0.717) is 0 Å². The van der Waals surface area contributed by atoms with Crippen LogP contribution in [0.5, 0.6) is 0 Å². The van der Waals surface area contributed by atoms with Gasteiger partial charge >= 0.3 is 0 Å². The fraction of sp³-hybridized carbons (Fsp3) is 0.269. The Kier molecular flexibility index (Phi) is 9.52. The molecule has 2 unspecified atom stereocenters. The highest BCUT2D eigenvalue weighted by molar-refractivity contribution is 8.03. The number of thioether (sulfide) groups is 1.